The van der Waals surface area contributed by atoms with E-state index in [-0.39, 0.29) is 0 Å². The number of anilines is 1. The van der Waals surface area contributed by atoms with Crippen molar-refractivity contribution in [2.45, 2.75) is 6.61 Å². The van der Waals surface area contributed by atoms with E-state index in [1.807, 2.05) is 54.6 Å². The summed E-state index contributed by atoms with van der Waals surface area (Å²) in [6, 6.07) is 17.7. The predicted octanol–water partition coefficient (Wildman–Crippen LogP) is 2.02. The summed E-state index contributed by atoms with van der Waals surface area (Å²) in [5, 5.41) is 11.4. The molecule has 1 heterocycles. The highest BCUT2D eigenvalue weighted by molar-refractivity contribution is 5.80. The van der Waals surface area contributed by atoms with Crippen molar-refractivity contribution in [3.8, 4) is 5.75 Å². The number of ether oxygens (including phenoxy) is 1. The third-order valence-corrected chi connectivity index (χ3v) is 3.08. The molecule has 0 atom stereocenters. The van der Waals surface area contributed by atoms with Crippen LogP contribution in [0.5, 0.6) is 5.75 Å². The highest BCUT2D eigenvalue weighted by atomic mass is 16.5. The predicted molar refractivity (Wildman–Crippen MR) is 88.6 cm³/mol. The van der Waals surface area contributed by atoms with Gasteiger partial charge in [-0.1, -0.05) is 30.3 Å². The van der Waals surface area contributed by atoms with Crippen molar-refractivity contribution in [1.82, 2.24) is 14.9 Å². The molecular weight excluding hydrogens is 292 g/mol. The van der Waals surface area contributed by atoms with Gasteiger partial charge in [0.25, 0.3) is 5.95 Å². The fraction of sp³-hybridized carbons (Fsp3) is 0.0625. The molecule has 0 fully saturated rings. The Morgan fingerprint density at radius 3 is 2.61 bits per heavy atom. The van der Waals surface area contributed by atoms with E-state index in [4.69, 9.17) is 10.6 Å². The maximum Gasteiger partial charge on any atom is 0.263 e. The number of hydrogen-bond acceptors (Lipinski definition) is 6. The van der Waals surface area contributed by atoms with Gasteiger partial charge in [0.2, 0.25) is 0 Å². The monoisotopic (exact) mass is 308 g/mol. The zero-order valence-electron chi connectivity index (χ0n) is 12.3. The lowest BCUT2D eigenvalue weighted by Gasteiger charge is -2.06. The van der Waals surface area contributed by atoms with Crippen LogP contribution in [0, 0.1) is 0 Å². The normalized spacial score (nSPS) is 10.8. The average Bonchev–Trinajstić information content (AvgIpc) is 3.00. The molecule has 3 N–H and O–H groups in total. The summed E-state index contributed by atoms with van der Waals surface area (Å²) < 4.78 is 6.98. The maximum atomic E-state index is 5.73. The first kappa shape index (κ1) is 14.6. The van der Waals surface area contributed by atoms with Gasteiger partial charge in [-0.05, 0) is 35.4 Å². The third kappa shape index (κ3) is 4.07. The van der Waals surface area contributed by atoms with Gasteiger partial charge in [-0.3, -0.25) is 0 Å². The Kier molecular flexibility index (Phi) is 4.49. The largest absolute Gasteiger partial charge is 0.489 e. The van der Waals surface area contributed by atoms with E-state index in [1.54, 1.807) is 6.21 Å². The number of nitrogen functional groups attached to an aromatic ring is 1. The molecule has 0 amide bonds. The van der Waals surface area contributed by atoms with E-state index in [0.717, 1.165) is 16.9 Å². The molecule has 0 aliphatic heterocycles. The Balaban J connectivity index is 1.53. The summed E-state index contributed by atoms with van der Waals surface area (Å²) in [6.45, 7) is 0.544. The zero-order chi connectivity index (χ0) is 15.9. The Labute approximate surface area is 133 Å². The topological polar surface area (TPSA) is 90.4 Å². The summed E-state index contributed by atoms with van der Waals surface area (Å²) in [7, 11) is 0. The molecule has 0 saturated heterocycles. The molecule has 0 unspecified atom stereocenters. The number of nitrogens with two attached hydrogens (primary N) is 1. The van der Waals surface area contributed by atoms with Crippen LogP contribution in [-0.2, 0) is 6.61 Å². The van der Waals surface area contributed by atoms with Gasteiger partial charge in [0.15, 0.2) is 0 Å². The number of nitrogens with zero attached hydrogens (tertiary/aromatic N) is 4. The Morgan fingerprint density at radius 1 is 1.13 bits per heavy atom. The maximum absolute atomic E-state index is 5.73. The molecule has 1 aromatic heterocycles. The summed E-state index contributed by atoms with van der Waals surface area (Å²) >= 11 is 0. The van der Waals surface area contributed by atoms with Crippen molar-refractivity contribution >= 4 is 12.2 Å². The summed E-state index contributed by atoms with van der Waals surface area (Å²) in [4.78, 5) is 0. The summed E-state index contributed by atoms with van der Waals surface area (Å²) in [5.41, 5.74) is 4.76. The average molecular weight is 308 g/mol. The lowest BCUT2D eigenvalue weighted by Crippen LogP contribution is -2.10. The van der Waals surface area contributed by atoms with Crippen LogP contribution in [0.3, 0.4) is 0 Å². The minimum absolute atomic E-state index is 0.365. The van der Waals surface area contributed by atoms with Gasteiger partial charge >= 0.3 is 0 Å². The van der Waals surface area contributed by atoms with Gasteiger partial charge < -0.3 is 10.6 Å². The number of hydrogen-bond donors (Lipinski definition) is 2. The Morgan fingerprint density at radius 2 is 1.91 bits per heavy atom. The van der Waals surface area contributed by atoms with Crippen molar-refractivity contribution in [3.05, 3.63) is 72.1 Å². The van der Waals surface area contributed by atoms with Gasteiger partial charge in [0.1, 0.15) is 18.7 Å². The quantitative estimate of drug-likeness (QED) is 0.413. The first-order valence-electron chi connectivity index (χ1n) is 7.02. The van der Waals surface area contributed by atoms with Crippen molar-refractivity contribution in [3.63, 3.8) is 0 Å². The Hall–Kier alpha value is -3.35. The first-order valence-corrected chi connectivity index (χ1v) is 7.02. The molecule has 0 saturated carbocycles. The SMILES string of the molecule is Nn1cnnc1NN=Cc1ccc(OCc2ccccc2)cc1. The van der Waals surface area contributed by atoms with E-state index in [0.29, 0.717) is 12.6 Å². The fourth-order valence-electron chi connectivity index (χ4n) is 1.88. The number of rotatable bonds is 6. The molecule has 7 nitrogen and oxygen atoms in total. The highest BCUT2D eigenvalue weighted by Gasteiger charge is 1.98. The minimum Gasteiger partial charge on any atom is -0.489 e. The number of benzene rings is 2. The van der Waals surface area contributed by atoms with E-state index in [9.17, 15) is 0 Å². The molecule has 116 valence electrons. The smallest absolute Gasteiger partial charge is 0.263 e. The van der Waals surface area contributed by atoms with Crippen molar-refractivity contribution in [2.75, 3.05) is 11.3 Å². The summed E-state index contributed by atoms with van der Waals surface area (Å²) in [5.74, 6) is 6.73. The number of aromatic nitrogens is 3. The van der Waals surface area contributed by atoms with Crippen molar-refractivity contribution < 1.29 is 4.74 Å². The molecule has 23 heavy (non-hydrogen) atoms. The van der Waals surface area contributed by atoms with Gasteiger partial charge in [-0.25, -0.2) is 10.1 Å². The van der Waals surface area contributed by atoms with E-state index in [1.165, 1.54) is 11.0 Å². The second-order valence-electron chi connectivity index (χ2n) is 4.78. The molecule has 7 heteroatoms. The van der Waals surface area contributed by atoms with E-state index in [2.05, 4.69) is 20.7 Å². The first-order chi connectivity index (χ1) is 11.3. The van der Waals surface area contributed by atoms with Crippen LogP contribution in [-0.4, -0.2) is 21.1 Å². The van der Waals surface area contributed by atoms with Gasteiger partial charge in [-0.2, -0.15) is 5.10 Å². The second-order valence-corrected chi connectivity index (χ2v) is 4.78. The van der Waals surface area contributed by atoms with Crippen LogP contribution >= 0.6 is 0 Å². The zero-order valence-corrected chi connectivity index (χ0v) is 12.3. The van der Waals surface area contributed by atoms with Crippen LogP contribution in [0.15, 0.2) is 66.0 Å². The van der Waals surface area contributed by atoms with Crippen LogP contribution < -0.4 is 16.0 Å². The molecule has 3 aromatic rings. The van der Waals surface area contributed by atoms with E-state index >= 15 is 0 Å². The molecule has 0 radical (unpaired) electrons. The number of nitrogens with one attached hydrogen (secondary N) is 1. The van der Waals surface area contributed by atoms with Crippen LogP contribution in [0.4, 0.5) is 5.95 Å². The van der Waals surface area contributed by atoms with Gasteiger partial charge in [0.05, 0.1) is 6.21 Å². The molecule has 2 aromatic carbocycles. The molecule has 3 rings (SSSR count). The highest BCUT2D eigenvalue weighted by Crippen LogP contribution is 2.13. The molecule has 0 aliphatic carbocycles. The number of hydrazone groups is 1. The molecule has 0 bridgehead atoms. The van der Waals surface area contributed by atoms with E-state index < -0.39 is 0 Å². The Bertz CT molecular complexity index is 767. The van der Waals surface area contributed by atoms with Crippen molar-refractivity contribution in [1.29, 1.82) is 0 Å². The molecule has 0 aliphatic rings. The molecular formula is C16H16N6O. The molecule has 0 spiro atoms. The minimum atomic E-state index is 0.365. The lowest BCUT2D eigenvalue weighted by molar-refractivity contribution is 0.306. The van der Waals surface area contributed by atoms with Crippen LogP contribution in [0.1, 0.15) is 11.1 Å². The fourth-order valence-corrected chi connectivity index (χ4v) is 1.88. The van der Waals surface area contributed by atoms with Crippen molar-refractivity contribution in [2.24, 2.45) is 5.10 Å². The second kappa shape index (κ2) is 7.08. The lowest BCUT2D eigenvalue weighted by atomic mass is 10.2. The van der Waals surface area contributed by atoms with Crippen LogP contribution in [0.2, 0.25) is 0 Å². The van der Waals surface area contributed by atoms with Gasteiger partial charge in [0, 0.05) is 0 Å². The summed E-state index contributed by atoms with van der Waals surface area (Å²) in [6.07, 6.45) is 3.05. The van der Waals surface area contributed by atoms with Crippen LogP contribution in [0.25, 0.3) is 0 Å². The third-order valence-electron chi connectivity index (χ3n) is 3.08. The van der Waals surface area contributed by atoms with Gasteiger partial charge in [-0.15, -0.1) is 10.2 Å². The standard InChI is InChI=1S/C16H16N6O/c17-22-12-19-21-16(22)20-18-10-13-6-8-15(9-7-13)23-11-14-4-2-1-3-5-14/h1-10,12H,11,17H2,(H,20,21).